The lowest BCUT2D eigenvalue weighted by Gasteiger charge is -2.17. The molecule has 1 aliphatic carbocycles. The van der Waals surface area contributed by atoms with Crippen molar-refractivity contribution < 1.29 is 0 Å². The van der Waals surface area contributed by atoms with Crippen LogP contribution >= 0.6 is 0 Å². The Bertz CT molecular complexity index is 287. The zero-order chi connectivity index (χ0) is 11.3. The van der Waals surface area contributed by atoms with E-state index in [-0.39, 0.29) is 0 Å². The van der Waals surface area contributed by atoms with E-state index in [4.69, 9.17) is 0 Å². The first-order valence-corrected chi connectivity index (χ1v) is 6.22. The Hall–Kier alpha value is -0.780. The van der Waals surface area contributed by atoms with Crippen LogP contribution in [0.1, 0.15) is 53.4 Å². The second-order valence-corrected chi connectivity index (χ2v) is 4.79. The van der Waals surface area contributed by atoms with Gasteiger partial charge in [0, 0.05) is 0 Å². The topological polar surface area (TPSA) is 0 Å². The van der Waals surface area contributed by atoms with Gasteiger partial charge in [-0.3, -0.25) is 0 Å². The van der Waals surface area contributed by atoms with Gasteiger partial charge < -0.3 is 0 Å². The first kappa shape index (κ1) is 12.3. The normalized spacial score (nSPS) is 17.8. The molecule has 0 radical (unpaired) electrons. The van der Waals surface area contributed by atoms with Gasteiger partial charge in [-0.15, -0.1) is 0 Å². The Kier molecular flexibility index (Phi) is 4.87. The summed E-state index contributed by atoms with van der Waals surface area (Å²) in [7, 11) is 0. The van der Waals surface area contributed by atoms with Crippen molar-refractivity contribution in [3.05, 3.63) is 34.9 Å². The number of rotatable bonds is 4. The summed E-state index contributed by atoms with van der Waals surface area (Å²) in [4.78, 5) is 0. The largest absolute Gasteiger partial charge is 0.0839 e. The molecular weight excluding hydrogens is 180 g/mol. The zero-order valence-electron chi connectivity index (χ0n) is 10.6. The van der Waals surface area contributed by atoms with Crippen LogP contribution in [0.15, 0.2) is 34.9 Å². The van der Waals surface area contributed by atoms with Crippen molar-refractivity contribution in [3.63, 3.8) is 0 Å². The van der Waals surface area contributed by atoms with Gasteiger partial charge in [0.25, 0.3) is 0 Å². The standard InChI is InChI=1S/C15H24/c1-5-8-14(11-12(2)3)15-10-7-6-9-13(15)4/h6,9,11-12H,5,7-8,10H2,1-4H3/b14-11-. The second-order valence-electron chi connectivity index (χ2n) is 4.79. The van der Waals surface area contributed by atoms with E-state index in [9.17, 15) is 0 Å². The molecule has 84 valence electrons. The van der Waals surface area contributed by atoms with Gasteiger partial charge >= 0.3 is 0 Å². The molecule has 0 amide bonds. The van der Waals surface area contributed by atoms with E-state index in [2.05, 4.69) is 45.9 Å². The molecule has 0 heterocycles. The summed E-state index contributed by atoms with van der Waals surface area (Å²) in [5.41, 5.74) is 4.67. The van der Waals surface area contributed by atoms with Crippen molar-refractivity contribution in [2.45, 2.75) is 53.4 Å². The molecule has 1 aliphatic rings. The average molecular weight is 204 g/mol. The Morgan fingerprint density at radius 3 is 2.73 bits per heavy atom. The fraction of sp³-hybridized carbons (Fsp3) is 0.600. The van der Waals surface area contributed by atoms with Crippen LogP contribution in [0.3, 0.4) is 0 Å². The summed E-state index contributed by atoms with van der Waals surface area (Å²) in [6, 6.07) is 0. The molecule has 0 saturated heterocycles. The van der Waals surface area contributed by atoms with Crippen molar-refractivity contribution in [3.8, 4) is 0 Å². The molecule has 1 rings (SSSR count). The Morgan fingerprint density at radius 2 is 2.20 bits per heavy atom. The lowest BCUT2D eigenvalue weighted by molar-refractivity contribution is 0.788. The number of hydrogen-bond acceptors (Lipinski definition) is 0. The Morgan fingerprint density at radius 1 is 1.47 bits per heavy atom. The Balaban J connectivity index is 2.93. The summed E-state index contributed by atoms with van der Waals surface area (Å²) in [5.74, 6) is 0.665. The maximum absolute atomic E-state index is 2.45. The molecule has 0 aromatic heterocycles. The second kappa shape index (κ2) is 5.95. The van der Waals surface area contributed by atoms with Crippen LogP contribution in [0.25, 0.3) is 0 Å². The summed E-state index contributed by atoms with van der Waals surface area (Å²) < 4.78 is 0. The number of hydrogen-bond donors (Lipinski definition) is 0. The highest BCUT2D eigenvalue weighted by Gasteiger charge is 2.10. The highest BCUT2D eigenvalue weighted by Crippen LogP contribution is 2.29. The van der Waals surface area contributed by atoms with Crippen molar-refractivity contribution >= 4 is 0 Å². The van der Waals surface area contributed by atoms with Crippen LogP contribution in [0.5, 0.6) is 0 Å². The number of allylic oxidation sites excluding steroid dienone is 6. The lowest BCUT2D eigenvalue weighted by Crippen LogP contribution is -1.99. The predicted octanol–water partition coefficient (Wildman–Crippen LogP) is 5.04. The highest BCUT2D eigenvalue weighted by molar-refractivity contribution is 5.41. The third-order valence-corrected chi connectivity index (χ3v) is 2.85. The first-order valence-electron chi connectivity index (χ1n) is 6.22. The highest BCUT2D eigenvalue weighted by atomic mass is 14.2. The molecule has 0 unspecified atom stereocenters. The predicted molar refractivity (Wildman–Crippen MR) is 68.9 cm³/mol. The summed E-state index contributed by atoms with van der Waals surface area (Å²) in [6.07, 6.45) is 12.0. The molecule has 0 spiro atoms. The van der Waals surface area contributed by atoms with Crippen molar-refractivity contribution in [2.75, 3.05) is 0 Å². The van der Waals surface area contributed by atoms with Gasteiger partial charge in [-0.05, 0) is 48.8 Å². The molecular formula is C15H24. The average Bonchev–Trinajstić information content (AvgIpc) is 2.17. The first-order chi connectivity index (χ1) is 7.15. The lowest BCUT2D eigenvalue weighted by atomic mass is 9.88. The smallest absolute Gasteiger partial charge is 0.0239 e. The minimum atomic E-state index is 0.665. The van der Waals surface area contributed by atoms with Gasteiger partial charge in [-0.2, -0.15) is 0 Å². The fourth-order valence-electron chi connectivity index (χ4n) is 2.21. The van der Waals surface area contributed by atoms with E-state index in [1.54, 1.807) is 11.1 Å². The monoisotopic (exact) mass is 204 g/mol. The van der Waals surface area contributed by atoms with Gasteiger partial charge in [-0.25, -0.2) is 0 Å². The quantitative estimate of drug-likeness (QED) is 0.602. The molecule has 0 N–H and O–H groups in total. The zero-order valence-corrected chi connectivity index (χ0v) is 10.6. The van der Waals surface area contributed by atoms with E-state index in [0.29, 0.717) is 5.92 Å². The van der Waals surface area contributed by atoms with Crippen LogP contribution in [0.2, 0.25) is 0 Å². The van der Waals surface area contributed by atoms with E-state index in [1.807, 2.05) is 0 Å². The van der Waals surface area contributed by atoms with Gasteiger partial charge in [-0.1, -0.05) is 45.4 Å². The van der Waals surface area contributed by atoms with Crippen molar-refractivity contribution in [1.82, 2.24) is 0 Å². The molecule has 0 bridgehead atoms. The van der Waals surface area contributed by atoms with E-state index in [0.717, 1.165) is 0 Å². The molecule has 0 aromatic rings. The van der Waals surface area contributed by atoms with Gasteiger partial charge in [0.2, 0.25) is 0 Å². The Labute approximate surface area is 94.8 Å². The van der Waals surface area contributed by atoms with Crippen molar-refractivity contribution in [1.29, 1.82) is 0 Å². The summed E-state index contributed by atoms with van der Waals surface area (Å²) in [5, 5.41) is 0. The molecule has 0 nitrogen and oxygen atoms in total. The van der Waals surface area contributed by atoms with Gasteiger partial charge in [0.1, 0.15) is 0 Å². The minimum absolute atomic E-state index is 0.665. The van der Waals surface area contributed by atoms with Crippen LogP contribution in [-0.4, -0.2) is 0 Å². The molecule has 0 saturated carbocycles. The SMILES string of the molecule is CCC/C(=C/C(C)C)C1=C(C)C=CCC1. The molecule has 0 aliphatic heterocycles. The van der Waals surface area contributed by atoms with E-state index in [1.165, 1.54) is 31.3 Å². The maximum Gasteiger partial charge on any atom is -0.0239 e. The fourth-order valence-corrected chi connectivity index (χ4v) is 2.21. The summed E-state index contributed by atoms with van der Waals surface area (Å²) >= 11 is 0. The molecule has 0 atom stereocenters. The van der Waals surface area contributed by atoms with Crippen molar-refractivity contribution in [2.24, 2.45) is 5.92 Å². The van der Waals surface area contributed by atoms with E-state index >= 15 is 0 Å². The van der Waals surface area contributed by atoms with E-state index < -0.39 is 0 Å². The summed E-state index contributed by atoms with van der Waals surface area (Å²) in [6.45, 7) is 9.05. The van der Waals surface area contributed by atoms with Crippen LogP contribution in [0.4, 0.5) is 0 Å². The van der Waals surface area contributed by atoms with Gasteiger partial charge in [0.15, 0.2) is 0 Å². The van der Waals surface area contributed by atoms with Crippen LogP contribution in [-0.2, 0) is 0 Å². The molecule has 0 aromatic carbocycles. The molecule has 15 heavy (non-hydrogen) atoms. The molecule has 0 heteroatoms. The third kappa shape index (κ3) is 3.70. The van der Waals surface area contributed by atoms with Gasteiger partial charge in [0.05, 0.1) is 0 Å². The maximum atomic E-state index is 2.45. The van der Waals surface area contributed by atoms with Crippen LogP contribution < -0.4 is 0 Å². The minimum Gasteiger partial charge on any atom is -0.0839 e. The van der Waals surface area contributed by atoms with Crippen LogP contribution in [0, 0.1) is 5.92 Å². The molecule has 0 fully saturated rings. The third-order valence-electron chi connectivity index (χ3n) is 2.85.